The summed E-state index contributed by atoms with van der Waals surface area (Å²) in [6.45, 7) is 14.2. The van der Waals surface area contributed by atoms with Crippen LogP contribution in [-0.2, 0) is 6.54 Å². The molecule has 0 atom stereocenters. The molecule has 0 saturated heterocycles. The molecule has 1 aromatic rings. The molecule has 0 amide bonds. The molecular formula is C14H21N. The number of benzene rings is 1. The summed E-state index contributed by atoms with van der Waals surface area (Å²) < 4.78 is 0. The molecule has 0 aromatic heterocycles. The molecule has 1 aromatic carbocycles. The van der Waals surface area contributed by atoms with E-state index >= 15 is 0 Å². The van der Waals surface area contributed by atoms with Gasteiger partial charge in [-0.3, -0.25) is 0 Å². The van der Waals surface area contributed by atoms with Crippen LogP contribution in [0.1, 0.15) is 29.2 Å². The SMILES string of the molecule is C=C(C)CNCc1cc(C)c(C)cc1C. The van der Waals surface area contributed by atoms with Crippen molar-refractivity contribution in [1.29, 1.82) is 0 Å². The van der Waals surface area contributed by atoms with Gasteiger partial charge in [0.15, 0.2) is 0 Å². The first kappa shape index (κ1) is 12.0. The smallest absolute Gasteiger partial charge is 0.0211 e. The van der Waals surface area contributed by atoms with Gasteiger partial charge < -0.3 is 5.32 Å². The quantitative estimate of drug-likeness (QED) is 0.740. The maximum atomic E-state index is 3.88. The van der Waals surface area contributed by atoms with E-state index in [1.807, 2.05) is 6.92 Å². The first-order valence-electron chi connectivity index (χ1n) is 5.42. The monoisotopic (exact) mass is 203 g/mol. The predicted octanol–water partition coefficient (Wildman–Crippen LogP) is 3.28. The Labute approximate surface area is 93.2 Å². The Morgan fingerprint density at radius 3 is 2.33 bits per heavy atom. The first-order valence-corrected chi connectivity index (χ1v) is 5.42. The fourth-order valence-corrected chi connectivity index (χ4v) is 1.62. The van der Waals surface area contributed by atoms with E-state index in [2.05, 4.69) is 44.8 Å². The van der Waals surface area contributed by atoms with Gasteiger partial charge in [0.05, 0.1) is 0 Å². The minimum Gasteiger partial charge on any atom is -0.309 e. The third-order valence-corrected chi connectivity index (χ3v) is 2.69. The summed E-state index contributed by atoms with van der Waals surface area (Å²) in [7, 11) is 0. The van der Waals surface area contributed by atoms with Crippen molar-refractivity contribution >= 4 is 0 Å². The Hall–Kier alpha value is -1.08. The summed E-state index contributed by atoms with van der Waals surface area (Å²) in [5.41, 5.74) is 6.67. The van der Waals surface area contributed by atoms with Crippen molar-refractivity contribution in [3.8, 4) is 0 Å². The molecule has 15 heavy (non-hydrogen) atoms. The van der Waals surface area contributed by atoms with Crippen LogP contribution in [0.4, 0.5) is 0 Å². The van der Waals surface area contributed by atoms with Crippen LogP contribution in [0.5, 0.6) is 0 Å². The summed E-state index contributed by atoms with van der Waals surface area (Å²) in [5, 5.41) is 3.39. The number of hydrogen-bond donors (Lipinski definition) is 1. The summed E-state index contributed by atoms with van der Waals surface area (Å²) in [6, 6.07) is 4.53. The van der Waals surface area contributed by atoms with Crippen LogP contribution in [0.3, 0.4) is 0 Å². The van der Waals surface area contributed by atoms with E-state index in [-0.39, 0.29) is 0 Å². The van der Waals surface area contributed by atoms with Gasteiger partial charge in [-0.2, -0.15) is 0 Å². The zero-order chi connectivity index (χ0) is 11.4. The van der Waals surface area contributed by atoms with E-state index < -0.39 is 0 Å². The molecule has 82 valence electrons. The number of nitrogens with one attached hydrogen (secondary N) is 1. The van der Waals surface area contributed by atoms with Crippen LogP contribution in [0.15, 0.2) is 24.3 Å². The van der Waals surface area contributed by atoms with Crippen molar-refractivity contribution in [3.05, 3.63) is 46.5 Å². The van der Waals surface area contributed by atoms with E-state index in [0.29, 0.717) is 0 Å². The average molecular weight is 203 g/mol. The van der Waals surface area contributed by atoms with Crippen molar-refractivity contribution in [2.45, 2.75) is 34.2 Å². The van der Waals surface area contributed by atoms with Crippen molar-refractivity contribution in [2.75, 3.05) is 6.54 Å². The second-order valence-electron chi connectivity index (χ2n) is 4.42. The van der Waals surface area contributed by atoms with Crippen LogP contribution >= 0.6 is 0 Å². The maximum Gasteiger partial charge on any atom is 0.0211 e. The highest BCUT2D eigenvalue weighted by atomic mass is 14.8. The summed E-state index contributed by atoms with van der Waals surface area (Å²) in [4.78, 5) is 0. The highest BCUT2D eigenvalue weighted by Gasteiger charge is 2.01. The van der Waals surface area contributed by atoms with Crippen molar-refractivity contribution in [2.24, 2.45) is 0 Å². The van der Waals surface area contributed by atoms with E-state index in [1.54, 1.807) is 0 Å². The second kappa shape index (κ2) is 5.13. The highest BCUT2D eigenvalue weighted by Crippen LogP contribution is 2.14. The van der Waals surface area contributed by atoms with Crippen LogP contribution < -0.4 is 5.32 Å². The molecule has 0 bridgehead atoms. The van der Waals surface area contributed by atoms with Gasteiger partial charge >= 0.3 is 0 Å². The Kier molecular flexibility index (Phi) is 4.10. The lowest BCUT2D eigenvalue weighted by Crippen LogP contribution is -2.16. The molecule has 0 aliphatic rings. The van der Waals surface area contributed by atoms with Gasteiger partial charge in [-0.15, -0.1) is 0 Å². The largest absolute Gasteiger partial charge is 0.309 e. The lowest BCUT2D eigenvalue weighted by molar-refractivity contribution is 0.736. The highest BCUT2D eigenvalue weighted by molar-refractivity contribution is 5.36. The average Bonchev–Trinajstić information content (AvgIpc) is 2.13. The zero-order valence-corrected chi connectivity index (χ0v) is 10.3. The van der Waals surface area contributed by atoms with Gasteiger partial charge in [0.2, 0.25) is 0 Å². The normalized spacial score (nSPS) is 10.4. The standard InChI is InChI=1S/C14H21N/c1-10(2)8-15-9-14-7-12(4)11(3)6-13(14)5/h6-7,15H,1,8-9H2,2-5H3. The summed E-state index contributed by atoms with van der Waals surface area (Å²) >= 11 is 0. The Bertz CT molecular complexity index is 364. The molecule has 1 heteroatoms. The van der Waals surface area contributed by atoms with E-state index in [0.717, 1.165) is 13.1 Å². The van der Waals surface area contributed by atoms with Crippen molar-refractivity contribution in [1.82, 2.24) is 5.32 Å². The maximum absolute atomic E-state index is 3.88. The topological polar surface area (TPSA) is 12.0 Å². The third-order valence-electron chi connectivity index (χ3n) is 2.69. The molecule has 1 rings (SSSR count). The summed E-state index contributed by atoms with van der Waals surface area (Å²) in [5.74, 6) is 0. The molecule has 0 saturated carbocycles. The van der Waals surface area contributed by atoms with E-state index in [1.165, 1.54) is 27.8 Å². The van der Waals surface area contributed by atoms with Gasteiger partial charge in [-0.1, -0.05) is 24.3 Å². The molecule has 0 radical (unpaired) electrons. The molecular weight excluding hydrogens is 182 g/mol. The van der Waals surface area contributed by atoms with Gasteiger partial charge in [0.25, 0.3) is 0 Å². The molecule has 0 fully saturated rings. The Morgan fingerprint density at radius 2 is 1.73 bits per heavy atom. The fraction of sp³-hybridized carbons (Fsp3) is 0.429. The van der Waals surface area contributed by atoms with E-state index in [9.17, 15) is 0 Å². The zero-order valence-electron chi connectivity index (χ0n) is 10.3. The van der Waals surface area contributed by atoms with Crippen LogP contribution in [0.25, 0.3) is 0 Å². The van der Waals surface area contributed by atoms with Crippen molar-refractivity contribution < 1.29 is 0 Å². The molecule has 0 spiro atoms. The number of hydrogen-bond acceptors (Lipinski definition) is 1. The van der Waals surface area contributed by atoms with Gasteiger partial charge in [-0.05, 0) is 49.9 Å². The minimum atomic E-state index is 0.895. The number of aryl methyl sites for hydroxylation is 3. The molecule has 1 N–H and O–H groups in total. The Morgan fingerprint density at radius 1 is 1.13 bits per heavy atom. The minimum absolute atomic E-state index is 0.895. The lowest BCUT2D eigenvalue weighted by atomic mass is 10.0. The second-order valence-corrected chi connectivity index (χ2v) is 4.42. The van der Waals surface area contributed by atoms with Crippen LogP contribution in [0, 0.1) is 20.8 Å². The van der Waals surface area contributed by atoms with E-state index in [4.69, 9.17) is 0 Å². The summed E-state index contributed by atoms with van der Waals surface area (Å²) in [6.07, 6.45) is 0. The Balaban J connectivity index is 2.69. The van der Waals surface area contributed by atoms with Crippen LogP contribution in [-0.4, -0.2) is 6.54 Å². The molecule has 0 aliphatic carbocycles. The predicted molar refractivity (Wildman–Crippen MR) is 67.2 cm³/mol. The lowest BCUT2D eigenvalue weighted by Gasteiger charge is -2.10. The van der Waals surface area contributed by atoms with Gasteiger partial charge in [0.1, 0.15) is 0 Å². The first-order chi connectivity index (χ1) is 7.00. The van der Waals surface area contributed by atoms with Gasteiger partial charge in [0, 0.05) is 13.1 Å². The fourth-order valence-electron chi connectivity index (χ4n) is 1.62. The molecule has 1 nitrogen and oxygen atoms in total. The molecule has 0 aliphatic heterocycles. The van der Waals surface area contributed by atoms with Crippen molar-refractivity contribution in [3.63, 3.8) is 0 Å². The number of rotatable bonds is 4. The molecule has 0 unspecified atom stereocenters. The third kappa shape index (κ3) is 3.52. The molecule has 0 heterocycles. The van der Waals surface area contributed by atoms with Crippen LogP contribution in [0.2, 0.25) is 0 Å². The van der Waals surface area contributed by atoms with Gasteiger partial charge in [-0.25, -0.2) is 0 Å².